The summed E-state index contributed by atoms with van der Waals surface area (Å²) in [5.41, 5.74) is 7.49. The molecular weight excluding hydrogens is 612 g/mol. The van der Waals surface area contributed by atoms with Gasteiger partial charge in [-0.25, -0.2) is 9.38 Å². The summed E-state index contributed by atoms with van der Waals surface area (Å²) < 4.78 is 19.0. The zero-order valence-electron chi connectivity index (χ0n) is 23.3. The molecule has 0 amide bonds. The predicted octanol–water partition coefficient (Wildman–Crippen LogP) is 7.77. The van der Waals surface area contributed by atoms with Gasteiger partial charge in [-0.2, -0.15) is 0 Å². The van der Waals surface area contributed by atoms with E-state index in [0.29, 0.717) is 31.5 Å². The van der Waals surface area contributed by atoms with Crippen LogP contribution in [0.15, 0.2) is 113 Å². The second-order valence-corrected chi connectivity index (χ2v) is 13.0. The smallest absolute Gasteiger partial charge is 0.271 e. The molecule has 0 saturated carbocycles. The monoisotopic (exact) mass is 635 g/mol. The summed E-state index contributed by atoms with van der Waals surface area (Å²) in [6, 6.07) is 28.2. The maximum absolute atomic E-state index is 14.6. The second-order valence-electron chi connectivity index (χ2n) is 11.1. The van der Waals surface area contributed by atoms with Gasteiger partial charge in [-0.05, 0) is 59.9 Å². The van der Waals surface area contributed by atoms with E-state index in [-0.39, 0.29) is 11.4 Å². The molecule has 216 valence electrons. The number of aryl methyl sites for hydroxylation is 1. The van der Waals surface area contributed by atoms with E-state index in [2.05, 4.69) is 18.2 Å². The largest absolute Gasteiger partial charge is 0.342 e. The Morgan fingerprint density at radius 1 is 0.955 bits per heavy atom. The molecule has 1 aliphatic carbocycles. The van der Waals surface area contributed by atoms with Crippen LogP contribution in [0.5, 0.6) is 0 Å². The van der Waals surface area contributed by atoms with Gasteiger partial charge < -0.3 is 4.57 Å². The third kappa shape index (κ3) is 4.48. The van der Waals surface area contributed by atoms with E-state index in [1.807, 2.05) is 65.4 Å². The van der Waals surface area contributed by atoms with Crippen molar-refractivity contribution < 1.29 is 4.39 Å². The third-order valence-corrected chi connectivity index (χ3v) is 10.1. The highest BCUT2D eigenvalue weighted by Crippen LogP contribution is 2.43. The first kappa shape index (κ1) is 27.3. The predicted molar refractivity (Wildman–Crippen MR) is 177 cm³/mol. The van der Waals surface area contributed by atoms with Gasteiger partial charge in [0.05, 0.1) is 22.8 Å². The number of fused-ring (bicyclic) bond motifs is 4. The van der Waals surface area contributed by atoms with E-state index in [0.717, 1.165) is 51.7 Å². The molecule has 4 nitrogen and oxygen atoms in total. The van der Waals surface area contributed by atoms with Gasteiger partial charge in [-0.3, -0.25) is 9.36 Å². The summed E-state index contributed by atoms with van der Waals surface area (Å²) in [6.07, 6.45) is 5.55. The summed E-state index contributed by atoms with van der Waals surface area (Å²) >= 11 is 14.5. The lowest BCUT2D eigenvalue weighted by Crippen LogP contribution is -2.38. The number of aromatic nitrogens is 2. The van der Waals surface area contributed by atoms with Crippen LogP contribution in [-0.4, -0.2) is 9.13 Å². The van der Waals surface area contributed by atoms with Gasteiger partial charge in [0.15, 0.2) is 4.80 Å². The molecule has 2 aliphatic rings. The molecule has 8 heteroatoms. The van der Waals surface area contributed by atoms with E-state index < -0.39 is 6.04 Å². The molecule has 4 aromatic carbocycles. The Morgan fingerprint density at radius 2 is 1.75 bits per heavy atom. The van der Waals surface area contributed by atoms with E-state index in [4.69, 9.17) is 28.2 Å². The average molecular weight is 637 g/mol. The highest BCUT2D eigenvalue weighted by Gasteiger charge is 2.33. The van der Waals surface area contributed by atoms with Gasteiger partial charge in [0.1, 0.15) is 5.82 Å². The van der Waals surface area contributed by atoms with Crippen molar-refractivity contribution in [3.05, 3.63) is 166 Å². The topological polar surface area (TPSA) is 39.3 Å². The first-order valence-electron chi connectivity index (χ1n) is 14.4. The summed E-state index contributed by atoms with van der Waals surface area (Å²) in [6.45, 7) is 0.378. The van der Waals surface area contributed by atoms with Gasteiger partial charge in [0.2, 0.25) is 0 Å². The van der Waals surface area contributed by atoms with Crippen LogP contribution in [0.3, 0.4) is 0 Å². The first-order chi connectivity index (χ1) is 21.5. The number of allylic oxidation sites excluding steroid dienone is 1. The Kier molecular flexibility index (Phi) is 6.67. The fourth-order valence-electron chi connectivity index (χ4n) is 6.49. The first-order valence-corrected chi connectivity index (χ1v) is 15.9. The van der Waals surface area contributed by atoms with Crippen LogP contribution in [-0.2, 0) is 13.0 Å². The fraction of sp³-hybridized carbons (Fsp3) is 0.111. The fourth-order valence-corrected chi connectivity index (χ4v) is 8.00. The number of nitrogens with zero attached hydrogens (tertiary/aromatic N) is 3. The molecule has 3 heterocycles. The quantitative estimate of drug-likeness (QED) is 0.195. The highest BCUT2D eigenvalue weighted by atomic mass is 35.5. The van der Waals surface area contributed by atoms with Crippen LogP contribution < -0.4 is 14.9 Å². The standard InChI is InChI=1S/C36H24Cl2FN3OS/c37-24-14-16-27(29(38)18-24)34-28-15-13-21-7-1-3-10-26(21)33(28)40-36-42(34)35(43)32(44-36)17-23-20-41(31-12-6-4-9-25(23)31)19-22-8-2-5-11-30(22)39/h1-12,14,16-18,20,34H,13,15,19H2/b32-17+/t34-/m0/s1. The number of thiazole rings is 1. The van der Waals surface area contributed by atoms with Crippen LogP contribution in [0.25, 0.3) is 22.7 Å². The van der Waals surface area contributed by atoms with Gasteiger partial charge in [-0.1, -0.05) is 101 Å². The van der Waals surface area contributed by atoms with E-state index >= 15 is 0 Å². The third-order valence-electron chi connectivity index (χ3n) is 8.53. The molecule has 44 heavy (non-hydrogen) atoms. The van der Waals surface area contributed by atoms with Crippen LogP contribution >= 0.6 is 34.5 Å². The summed E-state index contributed by atoms with van der Waals surface area (Å²) in [7, 11) is 0. The van der Waals surface area contributed by atoms with Crippen molar-refractivity contribution in [2.75, 3.05) is 0 Å². The lowest BCUT2D eigenvalue weighted by molar-refractivity contribution is 0.585. The second kappa shape index (κ2) is 10.7. The van der Waals surface area contributed by atoms with Gasteiger partial charge >= 0.3 is 0 Å². The summed E-state index contributed by atoms with van der Waals surface area (Å²) in [5, 5.41) is 2.04. The zero-order chi connectivity index (χ0) is 29.9. The number of benzene rings is 4. The number of hydrogen-bond donors (Lipinski definition) is 0. The molecular formula is C36H24Cl2FN3OS. The molecule has 0 saturated heterocycles. The van der Waals surface area contributed by atoms with E-state index in [1.54, 1.807) is 22.8 Å². The molecule has 0 radical (unpaired) electrons. The maximum atomic E-state index is 14.6. The lowest BCUT2D eigenvalue weighted by atomic mass is 9.83. The number of para-hydroxylation sites is 1. The zero-order valence-corrected chi connectivity index (χ0v) is 25.6. The molecule has 0 N–H and O–H groups in total. The van der Waals surface area contributed by atoms with Crippen molar-refractivity contribution in [3.8, 4) is 0 Å². The normalized spacial score (nSPS) is 16.1. The van der Waals surface area contributed by atoms with Crippen LogP contribution in [0.1, 0.15) is 40.3 Å². The van der Waals surface area contributed by atoms with E-state index in [9.17, 15) is 9.18 Å². The van der Waals surface area contributed by atoms with Crippen molar-refractivity contribution in [2.45, 2.75) is 25.4 Å². The van der Waals surface area contributed by atoms with Crippen molar-refractivity contribution in [1.29, 1.82) is 0 Å². The molecule has 0 fully saturated rings. The van der Waals surface area contributed by atoms with Crippen molar-refractivity contribution in [1.82, 2.24) is 9.13 Å². The molecule has 0 spiro atoms. The molecule has 0 bridgehead atoms. The highest BCUT2D eigenvalue weighted by molar-refractivity contribution is 7.07. The Labute approximate surface area is 266 Å². The molecule has 1 aliphatic heterocycles. The van der Waals surface area contributed by atoms with Gasteiger partial charge in [-0.15, -0.1) is 0 Å². The van der Waals surface area contributed by atoms with Crippen LogP contribution in [0, 0.1) is 5.82 Å². The Bertz CT molecular complexity index is 2350. The molecule has 6 aromatic rings. The summed E-state index contributed by atoms with van der Waals surface area (Å²) in [5.74, 6) is -0.244. The molecule has 2 aromatic heterocycles. The SMILES string of the molecule is O=c1/c(=C\c2cn(Cc3ccccc3F)c3ccccc23)sc2n1[C@@H](c1ccc(Cl)cc1Cl)C1=C(N=2)c2ccccc2CC1. The van der Waals surface area contributed by atoms with Crippen molar-refractivity contribution >= 4 is 57.2 Å². The van der Waals surface area contributed by atoms with Crippen LogP contribution in [0.2, 0.25) is 10.0 Å². The Morgan fingerprint density at radius 3 is 2.61 bits per heavy atom. The van der Waals surface area contributed by atoms with E-state index in [1.165, 1.54) is 23.0 Å². The lowest BCUT2D eigenvalue weighted by Gasteiger charge is -2.31. The number of hydrogen-bond acceptors (Lipinski definition) is 3. The minimum Gasteiger partial charge on any atom is -0.342 e. The molecule has 1 atom stereocenters. The minimum atomic E-state index is -0.399. The molecule has 8 rings (SSSR count). The Balaban J connectivity index is 1.34. The van der Waals surface area contributed by atoms with Crippen LogP contribution in [0.4, 0.5) is 4.39 Å². The molecule has 0 unspecified atom stereocenters. The number of halogens is 3. The van der Waals surface area contributed by atoms with Crippen molar-refractivity contribution in [3.63, 3.8) is 0 Å². The maximum Gasteiger partial charge on any atom is 0.271 e. The summed E-state index contributed by atoms with van der Waals surface area (Å²) in [4.78, 5) is 20.1. The van der Waals surface area contributed by atoms with Gasteiger partial charge in [0, 0.05) is 43.8 Å². The average Bonchev–Trinajstić information content (AvgIpc) is 3.53. The van der Waals surface area contributed by atoms with Gasteiger partial charge in [0.25, 0.3) is 5.56 Å². The Hall–Kier alpha value is -4.23. The number of rotatable bonds is 4. The minimum absolute atomic E-state index is 0.124. The van der Waals surface area contributed by atoms with Crippen molar-refractivity contribution in [2.24, 2.45) is 4.99 Å².